The normalized spacial score (nSPS) is 11.1. The van der Waals surface area contributed by atoms with E-state index in [0.717, 1.165) is 10.5 Å². The predicted octanol–water partition coefficient (Wildman–Crippen LogP) is 3.16. The molecule has 0 aliphatic carbocycles. The van der Waals surface area contributed by atoms with Gasteiger partial charge in [0.15, 0.2) is 0 Å². The molecule has 0 radical (unpaired) electrons. The number of hydrogen-bond donors (Lipinski definition) is 1. The van der Waals surface area contributed by atoms with Gasteiger partial charge < -0.3 is 0 Å². The smallest absolute Gasteiger partial charge is 0.270 e. The fourth-order valence-electron chi connectivity index (χ4n) is 1.50. The summed E-state index contributed by atoms with van der Waals surface area (Å²) in [6, 6.07) is 11.4. The van der Waals surface area contributed by atoms with Gasteiger partial charge in [-0.15, -0.1) is 0 Å². The number of nitrogens with zero attached hydrogens (tertiary/aromatic N) is 1. The standard InChI is InChI=1S/C12H9BrN2O4S/c13-9-4-6-10(7-5-9)14-20(18,19)12-3-1-2-11(8-12)15(16)17/h1-8,14H. The van der Waals surface area contributed by atoms with Gasteiger partial charge in [-0.25, -0.2) is 8.42 Å². The van der Waals surface area contributed by atoms with Crippen LogP contribution in [0.15, 0.2) is 57.9 Å². The summed E-state index contributed by atoms with van der Waals surface area (Å²) in [5.41, 5.74) is 0.100. The maximum absolute atomic E-state index is 12.1. The third-order valence-corrected chi connectivity index (χ3v) is 4.34. The minimum atomic E-state index is -3.85. The van der Waals surface area contributed by atoms with E-state index in [2.05, 4.69) is 20.7 Å². The van der Waals surface area contributed by atoms with E-state index in [1.54, 1.807) is 24.3 Å². The van der Waals surface area contributed by atoms with Crippen molar-refractivity contribution in [3.8, 4) is 0 Å². The molecule has 2 aromatic rings. The molecule has 0 saturated heterocycles. The van der Waals surface area contributed by atoms with Gasteiger partial charge in [0.05, 0.1) is 9.82 Å². The molecule has 2 aromatic carbocycles. The van der Waals surface area contributed by atoms with Crippen molar-refractivity contribution in [2.24, 2.45) is 0 Å². The minimum absolute atomic E-state index is 0.158. The van der Waals surface area contributed by atoms with Crippen molar-refractivity contribution in [1.82, 2.24) is 0 Å². The number of anilines is 1. The molecule has 0 aliphatic rings. The topological polar surface area (TPSA) is 89.3 Å². The zero-order valence-electron chi connectivity index (χ0n) is 9.99. The van der Waals surface area contributed by atoms with Gasteiger partial charge >= 0.3 is 0 Å². The maximum atomic E-state index is 12.1. The number of non-ortho nitro benzene ring substituents is 1. The first-order valence-electron chi connectivity index (χ1n) is 5.41. The van der Waals surface area contributed by atoms with Crippen LogP contribution in [-0.2, 0) is 10.0 Å². The quantitative estimate of drug-likeness (QED) is 0.672. The number of halogens is 1. The van der Waals surface area contributed by atoms with E-state index in [9.17, 15) is 18.5 Å². The number of nitrogens with one attached hydrogen (secondary N) is 1. The highest BCUT2D eigenvalue weighted by Gasteiger charge is 2.17. The molecule has 1 N–H and O–H groups in total. The number of hydrogen-bond acceptors (Lipinski definition) is 4. The van der Waals surface area contributed by atoms with E-state index in [0.29, 0.717) is 5.69 Å². The van der Waals surface area contributed by atoms with Crippen molar-refractivity contribution in [1.29, 1.82) is 0 Å². The maximum Gasteiger partial charge on any atom is 0.270 e. The van der Waals surface area contributed by atoms with Crippen LogP contribution in [0.25, 0.3) is 0 Å². The lowest BCUT2D eigenvalue weighted by atomic mass is 10.3. The van der Waals surface area contributed by atoms with Crippen molar-refractivity contribution in [2.75, 3.05) is 4.72 Å². The molecule has 0 bridgehead atoms. The highest BCUT2D eigenvalue weighted by Crippen LogP contribution is 2.21. The summed E-state index contributed by atoms with van der Waals surface area (Å²) in [5, 5.41) is 10.7. The van der Waals surface area contributed by atoms with Gasteiger partial charge in [-0.05, 0) is 30.3 Å². The number of sulfonamides is 1. The number of nitro benzene ring substituents is 1. The van der Waals surface area contributed by atoms with Crippen molar-refractivity contribution in [3.63, 3.8) is 0 Å². The summed E-state index contributed by atoms with van der Waals surface area (Å²) in [6.45, 7) is 0. The number of benzene rings is 2. The van der Waals surface area contributed by atoms with Crippen LogP contribution in [-0.4, -0.2) is 13.3 Å². The fraction of sp³-hybridized carbons (Fsp3) is 0. The molecule has 20 heavy (non-hydrogen) atoms. The molecule has 0 saturated carbocycles. The summed E-state index contributed by atoms with van der Waals surface area (Å²) in [4.78, 5) is 9.86. The Morgan fingerprint density at radius 1 is 1.10 bits per heavy atom. The second-order valence-corrected chi connectivity index (χ2v) is 6.46. The Labute approximate surface area is 123 Å². The van der Waals surface area contributed by atoms with Gasteiger partial charge in [0.1, 0.15) is 0 Å². The average molecular weight is 357 g/mol. The molecule has 6 nitrogen and oxygen atoms in total. The molecule has 0 aliphatic heterocycles. The lowest BCUT2D eigenvalue weighted by Crippen LogP contribution is -2.13. The van der Waals surface area contributed by atoms with Crippen LogP contribution in [0.1, 0.15) is 0 Å². The SMILES string of the molecule is O=[N+]([O-])c1cccc(S(=O)(=O)Nc2ccc(Br)cc2)c1. The van der Waals surface area contributed by atoms with E-state index in [-0.39, 0.29) is 10.6 Å². The highest BCUT2D eigenvalue weighted by molar-refractivity contribution is 9.10. The van der Waals surface area contributed by atoms with E-state index >= 15 is 0 Å². The first kappa shape index (κ1) is 14.5. The lowest BCUT2D eigenvalue weighted by Gasteiger charge is -2.07. The molecule has 2 rings (SSSR count). The van der Waals surface area contributed by atoms with E-state index in [4.69, 9.17) is 0 Å². The molecule has 0 amide bonds. The van der Waals surface area contributed by atoms with Gasteiger partial charge in [-0.2, -0.15) is 0 Å². The van der Waals surface area contributed by atoms with Crippen LogP contribution < -0.4 is 4.72 Å². The number of nitro groups is 1. The van der Waals surface area contributed by atoms with Crippen LogP contribution in [0.2, 0.25) is 0 Å². The average Bonchev–Trinajstić information content (AvgIpc) is 2.41. The summed E-state index contributed by atoms with van der Waals surface area (Å²) < 4.78 is 27.4. The van der Waals surface area contributed by atoms with E-state index in [1.807, 2.05) is 0 Å². The Morgan fingerprint density at radius 3 is 2.35 bits per heavy atom. The molecular formula is C12H9BrN2O4S. The van der Waals surface area contributed by atoms with Gasteiger partial charge in [-0.1, -0.05) is 22.0 Å². The van der Waals surface area contributed by atoms with E-state index < -0.39 is 14.9 Å². The molecule has 0 heterocycles. The molecule has 0 aromatic heterocycles. The molecule has 0 spiro atoms. The third kappa shape index (κ3) is 3.34. The molecule has 0 atom stereocenters. The molecule has 0 fully saturated rings. The Kier molecular flexibility index (Phi) is 4.05. The summed E-state index contributed by atoms with van der Waals surface area (Å²) >= 11 is 3.24. The largest absolute Gasteiger partial charge is 0.280 e. The first-order chi connectivity index (χ1) is 9.38. The van der Waals surface area contributed by atoms with E-state index in [1.165, 1.54) is 18.2 Å². The molecule has 104 valence electrons. The van der Waals surface area contributed by atoms with Crippen molar-refractivity contribution in [3.05, 3.63) is 63.1 Å². The van der Waals surface area contributed by atoms with Gasteiger partial charge in [-0.3, -0.25) is 14.8 Å². The summed E-state index contributed by atoms with van der Waals surface area (Å²) in [6.07, 6.45) is 0. The Balaban J connectivity index is 2.33. The van der Waals surface area contributed by atoms with Gasteiger partial charge in [0, 0.05) is 22.3 Å². The summed E-state index contributed by atoms with van der Waals surface area (Å²) in [7, 11) is -3.85. The zero-order chi connectivity index (χ0) is 14.8. The molecular weight excluding hydrogens is 348 g/mol. The third-order valence-electron chi connectivity index (χ3n) is 2.44. The molecule has 0 unspecified atom stereocenters. The monoisotopic (exact) mass is 356 g/mol. The second kappa shape index (κ2) is 5.59. The van der Waals surface area contributed by atoms with Crippen molar-refractivity contribution in [2.45, 2.75) is 4.90 Å². The Bertz CT molecular complexity index is 744. The number of rotatable bonds is 4. The Morgan fingerprint density at radius 2 is 1.75 bits per heavy atom. The van der Waals surface area contributed by atoms with Crippen molar-refractivity contribution < 1.29 is 13.3 Å². The Hall–Kier alpha value is -1.93. The fourth-order valence-corrected chi connectivity index (χ4v) is 2.86. The van der Waals surface area contributed by atoms with Crippen LogP contribution in [0.5, 0.6) is 0 Å². The van der Waals surface area contributed by atoms with Crippen LogP contribution in [0.3, 0.4) is 0 Å². The highest BCUT2D eigenvalue weighted by atomic mass is 79.9. The zero-order valence-corrected chi connectivity index (χ0v) is 12.4. The van der Waals surface area contributed by atoms with Crippen LogP contribution >= 0.6 is 15.9 Å². The van der Waals surface area contributed by atoms with Gasteiger partial charge in [0.25, 0.3) is 15.7 Å². The van der Waals surface area contributed by atoms with Crippen molar-refractivity contribution >= 4 is 37.3 Å². The first-order valence-corrected chi connectivity index (χ1v) is 7.69. The summed E-state index contributed by atoms with van der Waals surface area (Å²) in [5.74, 6) is 0. The molecule has 8 heteroatoms. The second-order valence-electron chi connectivity index (χ2n) is 3.87. The lowest BCUT2D eigenvalue weighted by molar-refractivity contribution is -0.385. The minimum Gasteiger partial charge on any atom is -0.280 e. The van der Waals surface area contributed by atoms with Crippen LogP contribution in [0.4, 0.5) is 11.4 Å². The van der Waals surface area contributed by atoms with Crippen LogP contribution in [0, 0.1) is 10.1 Å². The van der Waals surface area contributed by atoms with Gasteiger partial charge in [0.2, 0.25) is 0 Å². The predicted molar refractivity (Wildman–Crippen MR) is 78.0 cm³/mol.